The van der Waals surface area contributed by atoms with Gasteiger partial charge in [-0.25, -0.2) is 4.79 Å². The van der Waals surface area contributed by atoms with Crippen LogP contribution >= 0.6 is 0 Å². The molecule has 0 radical (unpaired) electrons. The maximum atomic E-state index is 12.6. The van der Waals surface area contributed by atoms with Crippen molar-refractivity contribution in [3.05, 3.63) is 71.5 Å². The number of rotatable bonds is 8. The number of carbonyl (C=O) groups is 3. The lowest BCUT2D eigenvalue weighted by Crippen LogP contribution is -2.15. The maximum absolute atomic E-state index is 12.6. The minimum Gasteiger partial charge on any atom is -0.454 e. The average Bonchev–Trinajstić information content (AvgIpc) is 3.14. The van der Waals surface area contributed by atoms with Crippen LogP contribution in [0.2, 0.25) is 0 Å². The lowest BCUT2D eigenvalue weighted by molar-refractivity contribution is -0.116. The van der Waals surface area contributed by atoms with Crippen LogP contribution < -0.4 is 5.32 Å². The standard InChI is InChI=1S/C23H22N2O5/c1-3-7-20(27)24-18-12-10-16(11-13-18)19(26)14-29-23(28)21-15(2)30-25-22(21)17-8-5-4-6-9-17/h4-6,8-13H,3,7,14H2,1-2H3,(H,24,27). The van der Waals surface area contributed by atoms with Crippen molar-refractivity contribution in [3.8, 4) is 11.3 Å². The summed E-state index contributed by atoms with van der Waals surface area (Å²) >= 11 is 0. The number of ketones is 1. The van der Waals surface area contributed by atoms with Crippen LogP contribution in [0.25, 0.3) is 11.3 Å². The second-order valence-corrected chi connectivity index (χ2v) is 6.70. The third kappa shape index (κ3) is 5.00. The summed E-state index contributed by atoms with van der Waals surface area (Å²) in [5, 5.41) is 6.70. The molecule has 0 unspecified atom stereocenters. The van der Waals surface area contributed by atoms with E-state index in [1.54, 1.807) is 43.3 Å². The number of hydrogen-bond acceptors (Lipinski definition) is 6. The van der Waals surface area contributed by atoms with Gasteiger partial charge in [0, 0.05) is 23.2 Å². The van der Waals surface area contributed by atoms with Gasteiger partial charge in [-0.15, -0.1) is 0 Å². The van der Waals surface area contributed by atoms with E-state index >= 15 is 0 Å². The third-order valence-electron chi connectivity index (χ3n) is 4.42. The van der Waals surface area contributed by atoms with Crippen molar-refractivity contribution >= 4 is 23.3 Å². The van der Waals surface area contributed by atoms with Gasteiger partial charge in [-0.3, -0.25) is 9.59 Å². The molecule has 0 spiro atoms. The number of anilines is 1. The molecule has 154 valence electrons. The summed E-state index contributed by atoms with van der Waals surface area (Å²) in [5.41, 5.74) is 2.27. The van der Waals surface area contributed by atoms with E-state index in [9.17, 15) is 14.4 Å². The van der Waals surface area contributed by atoms with E-state index in [4.69, 9.17) is 9.26 Å². The van der Waals surface area contributed by atoms with Gasteiger partial charge in [0.2, 0.25) is 5.91 Å². The van der Waals surface area contributed by atoms with Gasteiger partial charge in [0.25, 0.3) is 0 Å². The molecule has 0 bridgehead atoms. The summed E-state index contributed by atoms with van der Waals surface area (Å²) in [5.74, 6) is -0.795. The Bertz CT molecular complexity index is 1040. The van der Waals surface area contributed by atoms with Gasteiger partial charge in [-0.1, -0.05) is 42.4 Å². The van der Waals surface area contributed by atoms with Gasteiger partial charge in [0.15, 0.2) is 12.4 Å². The molecule has 0 saturated heterocycles. The molecule has 1 aromatic heterocycles. The first-order valence-electron chi connectivity index (χ1n) is 9.61. The van der Waals surface area contributed by atoms with Crippen LogP contribution in [0, 0.1) is 6.92 Å². The van der Waals surface area contributed by atoms with Gasteiger partial charge in [-0.05, 0) is 37.6 Å². The summed E-state index contributed by atoms with van der Waals surface area (Å²) in [6, 6.07) is 15.6. The SMILES string of the molecule is CCCC(=O)Nc1ccc(C(=O)COC(=O)c2c(-c3ccccc3)noc2C)cc1. The molecule has 7 nitrogen and oxygen atoms in total. The van der Waals surface area contributed by atoms with Crippen molar-refractivity contribution in [2.75, 3.05) is 11.9 Å². The molecule has 0 aliphatic carbocycles. The molecule has 1 N–H and O–H groups in total. The number of carbonyl (C=O) groups excluding carboxylic acids is 3. The predicted octanol–water partition coefficient (Wildman–Crippen LogP) is 4.43. The smallest absolute Gasteiger partial charge is 0.344 e. The van der Waals surface area contributed by atoms with Gasteiger partial charge in [-0.2, -0.15) is 0 Å². The summed E-state index contributed by atoms with van der Waals surface area (Å²) < 4.78 is 10.4. The molecule has 0 fully saturated rings. The minimum atomic E-state index is -0.676. The van der Waals surface area contributed by atoms with E-state index in [2.05, 4.69) is 10.5 Å². The number of amides is 1. The molecule has 1 amide bonds. The van der Waals surface area contributed by atoms with Crippen molar-refractivity contribution in [2.45, 2.75) is 26.7 Å². The zero-order valence-corrected chi connectivity index (χ0v) is 16.8. The second-order valence-electron chi connectivity index (χ2n) is 6.70. The lowest BCUT2D eigenvalue weighted by Gasteiger charge is -2.07. The first kappa shape index (κ1) is 21.0. The third-order valence-corrected chi connectivity index (χ3v) is 4.42. The number of ether oxygens (including phenoxy) is 1. The van der Waals surface area contributed by atoms with E-state index in [1.807, 2.05) is 25.1 Å². The molecular formula is C23H22N2O5. The second kappa shape index (κ2) is 9.65. The van der Waals surface area contributed by atoms with Gasteiger partial charge in [0.05, 0.1) is 0 Å². The van der Waals surface area contributed by atoms with Crippen LogP contribution in [0.1, 0.15) is 46.2 Å². The highest BCUT2D eigenvalue weighted by Crippen LogP contribution is 2.25. The number of hydrogen-bond donors (Lipinski definition) is 1. The molecule has 0 saturated carbocycles. The molecule has 2 aromatic carbocycles. The van der Waals surface area contributed by atoms with E-state index in [0.29, 0.717) is 34.7 Å². The van der Waals surface area contributed by atoms with Crippen LogP contribution in [0.3, 0.4) is 0 Å². The summed E-state index contributed by atoms with van der Waals surface area (Å²) in [6.45, 7) is 3.12. The van der Waals surface area contributed by atoms with E-state index in [0.717, 1.165) is 6.42 Å². The lowest BCUT2D eigenvalue weighted by atomic mass is 10.1. The van der Waals surface area contributed by atoms with Gasteiger partial charge in [0.1, 0.15) is 17.0 Å². The molecule has 7 heteroatoms. The number of benzene rings is 2. The van der Waals surface area contributed by atoms with Crippen LogP contribution in [-0.2, 0) is 9.53 Å². The summed E-state index contributed by atoms with van der Waals surface area (Å²) in [6.07, 6.45) is 1.19. The van der Waals surface area contributed by atoms with E-state index in [1.165, 1.54) is 0 Å². The van der Waals surface area contributed by atoms with Crippen LogP contribution in [0.4, 0.5) is 5.69 Å². The monoisotopic (exact) mass is 406 g/mol. The molecule has 0 aliphatic rings. The molecule has 3 rings (SSSR count). The fraction of sp³-hybridized carbons (Fsp3) is 0.217. The van der Waals surface area contributed by atoms with Crippen LogP contribution in [0.15, 0.2) is 59.1 Å². The number of nitrogens with zero attached hydrogens (tertiary/aromatic N) is 1. The largest absolute Gasteiger partial charge is 0.454 e. The molecule has 0 atom stereocenters. The Morgan fingerprint density at radius 3 is 2.40 bits per heavy atom. The highest BCUT2D eigenvalue weighted by atomic mass is 16.5. The Morgan fingerprint density at radius 1 is 1.03 bits per heavy atom. The quantitative estimate of drug-likeness (QED) is 0.439. The fourth-order valence-corrected chi connectivity index (χ4v) is 2.88. The van der Waals surface area contributed by atoms with Gasteiger partial charge >= 0.3 is 5.97 Å². The van der Waals surface area contributed by atoms with Gasteiger partial charge < -0.3 is 14.6 Å². The Labute approximate surface area is 174 Å². The summed E-state index contributed by atoms with van der Waals surface area (Å²) in [7, 11) is 0. The highest BCUT2D eigenvalue weighted by Gasteiger charge is 2.23. The summed E-state index contributed by atoms with van der Waals surface area (Å²) in [4.78, 5) is 36.6. The van der Waals surface area contributed by atoms with Crippen molar-refractivity contribution in [1.82, 2.24) is 5.16 Å². The molecule has 0 aliphatic heterocycles. The Hall–Kier alpha value is -3.74. The Balaban J connectivity index is 1.64. The number of aromatic nitrogens is 1. The van der Waals surface area contributed by atoms with Crippen LogP contribution in [-0.4, -0.2) is 29.4 Å². The zero-order chi connectivity index (χ0) is 21.5. The van der Waals surface area contributed by atoms with E-state index in [-0.39, 0.29) is 17.3 Å². The molecule has 30 heavy (non-hydrogen) atoms. The minimum absolute atomic E-state index is 0.0798. The molecule has 3 aromatic rings. The Morgan fingerprint density at radius 2 is 1.73 bits per heavy atom. The van der Waals surface area contributed by atoms with Crippen molar-refractivity contribution < 1.29 is 23.6 Å². The fourth-order valence-electron chi connectivity index (χ4n) is 2.88. The number of Topliss-reactive ketones (excluding diaryl/α,β-unsaturated/α-hetero) is 1. The van der Waals surface area contributed by atoms with Crippen molar-refractivity contribution in [1.29, 1.82) is 0 Å². The topological polar surface area (TPSA) is 98.5 Å². The molecular weight excluding hydrogens is 384 g/mol. The maximum Gasteiger partial charge on any atom is 0.344 e. The predicted molar refractivity (Wildman–Crippen MR) is 111 cm³/mol. The van der Waals surface area contributed by atoms with Crippen LogP contribution in [0.5, 0.6) is 0 Å². The zero-order valence-electron chi connectivity index (χ0n) is 16.8. The number of esters is 1. The number of nitrogens with one attached hydrogen (secondary N) is 1. The van der Waals surface area contributed by atoms with Crippen molar-refractivity contribution in [2.24, 2.45) is 0 Å². The normalized spacial score (nSPS) is 10.5. The van der Waals surface area contributed by atoms with E-state index < -0.39 is 12.6 Å². The number of aryl methyl sites for hydroxylation is 1. The Kier molecular flexibility index (Phi) is 6.75. The highest BCUT2D eigenvalue weighted by molar-refractivity contribution is 6.01. The first-order valence-corrected chi connectivity index (χ1v) is 9.61. The first-order chi connectivity index (χ1) is 14.5. The molecule has 1 heterocycles. The van der Waals surface area contributed by atoms with Crippen molar-refractivity contribution in [3.63, 3.8) is 0 Å². The average molecular weight is 406 g/mol.